The number of alkyl halides is 3. The number of carbonyl (C=O) groups is 1. The highest BCUT2D eigenvalue weighted by molar-refractivity contribution is 5.99. The molecule has 1 aromatic carbocycles. The maximum atomic E-state index is 12.5. The molecule has 4 nitrogen and oxygen atoms in total. The van der Waals surface area contributed by atoms with Gasteiger partial charge in [0.25, 0.3) is 0 Å². The van der Waals surface area contributed by atoms with Crippen LogP contribution in [-0.2, 0) is 22.2 Å². The fraction of sp³-hybridized carbons (Fsp3) is 0.467. The molecule has 0 saturated carbocycles. The van der Waals surface area contributed by atoms with E-state index in [1.165, 1.54) is 12.1 Å². The van der Waals surface area contributed by atoms with Gasteiger partial charge in [-0.3, -0.25) is 4.79 Å². The van der Waals surface area contributed by atoms with Crippen molar-refractivity contribution in [1.82, 2.24) is 5.32 Å². The molecule has 22 heavy (non-hydrogen) atoms. The number of rotatable bonds is 3. The lowest BCUT2D eigenvalue weighted by Gasteiger charge is -2.12. The van der Waals surface area contributed by atoms with Gasteiger partial charge in [0.2, 0.25) is 5.91 Å². The maximum Gasteiger partial charge on any atom is 0.416 e. The number of benzene rings is 1. The van der Waals surface area contributed by atoms with Gasteiger partial charge in [0.05, 0.1) is 5.56 Å². The topological polar surface area (TPSA) is 50.7 Å². The van der Waals surface area contributed by atoms with E-state index in [4.69, 9.17) is 4.84 Å². The summed E-state index contributed by atoms with van der Waals surface area (Å²) in [4.78, 5) is 17.0. The minimum atomic E-state index is -4.35. The van der Waals surface area contributed by atoms with Crippen LogP contribution in [-0.4, -0.2) is 17.8 Å². The molecule has 1 amide bonds. The molecule has 1 aliphatic heterocycles. The molecule has 0 fully saturated rings. The maximum absolute atomic E-state index is 12.5. The van der Waals surface area contributed by atoms with Crippen LogP contribution in [0.2, 0.25) is 0 Å². The molecule has 0 saturated heterocycles. The summed E-state index contributed by atoms with van der Waals surface area (Å²) in [5, 5.41) is 6.42. The van der Waals surface area contributed by atoms with Crippen molar-refractivity contribution >= 4 is 11.7 Å². The van der Waals surface area contributed by atoms with Crippen LogP contribution >= 0.6 is 0 Å². The van der Waals surface area contributed by atoms with Gasteiger partial charge >= 0.3 is 6.18 Å². The van der Waals surface area contributed by atoms with Crippen molar-refractivity contribution in [1.29, 1.82) is 0 Å². The van der Waals surface area contributed by atoms with E-state index >= 15 is 0 Å². The van der Waals surface area contributed by atoms with E-state index in [1.54, 1.807) is 6.92 Å². The van der Waals surface area contributed by atoms with Crippen LogP contribution in [0.1, 0.15) is 31.4 Å². The lowest BCUT2D eigenvalue weighted by atomic mass is 9.99. The number of halogens is 3. The summed E-state index contributed by atoms with van der Waals surface area (Å²) in [7, 11) is 0. The van der Waals surface area contributed by atoms with E-state index in [2.05, 4.69) is 10.5 Å². The number of hydrogen-bond donors (Lipinski definition) is 1. The first-order valence-corrected chi connectivity index (χ1v) is 6.95. The lowest BCUT2D eigenvalue weighted by molar-refractivity contribution is -0.137. The summed E-state index contributed by atoms with van der Waals surface area (Å²) >= 11 is 0. The summed E-state index contributed by atoms with van der Waals surface area (Å²) in [5.74, 6) is -0.122. The molecular weight excluding hydrogens is 297 g/mol. The minimum Gasteiger partial charge on any atom is -0.391 e. The Kier molecular flexibility index (Phi) is 4.73. The van der Waals surface area contributed by atoms with Gasteiger partial charge < -0.3 is 10.2 Å². The Balaban J connectivity index is 1.91. The zero-order valence-corrected chi connectivity index (χ0v) is 12.3. The van der Waals surface area contributed by atoms with E-state index in [0.29, 0.717) is 24.2 Å². The van der Waals surface area contributed by atoms with E-state index in [-0.39, 0.29) is 17.9 Å². The first-order valence-electron chi connectivity index (χ1n) is 6.95. The highest BCUT2D eigenvalue weighted by atomic mass is 19.4. The first-order chi connectivity index (χ1) is 10.3. The van der Waals surface area contributed by atoms with E-state index in [9.17, 15) is 18.0 Å². The van der Waals surface area contributed by atoms with Gasteiger partial charge in [-0.2, -0.15) is 13.2 Å². The average Bonchev–Trinajstić information content (AvgIpc) is 2.83. The third-order valence-corrected chi connectivity index (χ3v) is 3.36. The standard InChI is InChI=1S/C15H17F3N2O2/c1-9(14(21)19-13-8-10(2)22-20-13)7-11-3-5-12(6-4-11)15(16,17)18/h3-6,9-10H,7-8H2,1-2H3,(H,19,20,21). The van der Waals surface area contributed by atoms with Crippen LogP contribution in [0.25, 0.3) is 0 Å². The Bertz CT molecular complexity index is 567. The summed E-state index contributed by atoms with van der Waals surface area (Å²) in [6, 6.07) is 4.84. The minimum absolute atomic E-state index is 0.0551. The smallest absolute Gasteiger partial charge is 0.391 e. The van der Waals surface area contributed by atoms with Crippen molar-refractivity contribution in [3.63, 3.8) is 0 Å². The number of oxime groups is 1. The average molecular weight is 314 g/mol. The largest absolute Gasteiger partial charge is 0.416 e. The first kappa shape index (κ1) is 16.3. The zero-order valence-electron chi connectivity index (χ0n) is 12.3. The second-order valence-corrected chi connectivity index (χ2v) is 5.45. The van der Waals surface area contributed by atoms with Crippen molar-refractivity contribution in [2.75, 3.05) is 0 Å². The van der Waals surface area contributed by atoms with Crippen LogP contribution in [0.3, 0.4) is 0 Å². The van der Waals surface area contributed by atoms with Crippen molar-refractivity contribution in [3.8, 4) is 0 Å². The molecule has 0 spiro atoms. The molecule has 0 aliphatic carbocycles. The Labute approximate surface area is 126 Å². The van der Waals surface area contributed by atoms with Gasteiger partial charge in [-0.1, -0.05) is 24.2 Å². The predicted octanol–water partition coefficient (Wildman–Crippen LogP) is 3.12. The molecule has 7 heteroatoms. The Morgan fingerprint density at radius 2 is 2.05 bits per heavy atom. The van der Waals surface area contributed by atoms with Gasteiger partial charge in [-0.15, -0.1) is 0 Å². The molecule has 1 aromatic rings. The number of nitrogens with zero attached hydrogens (tertiary/aromatic N) is 1. The lowest BCUT2D eigenvalue weighted by Crippen LogP contribution is -2.35. The van der Waals surface area contributed by atoms with Crippen molar-refractivity contribution in [2.45, 2.75) is 39.0 Å². The number of amidine groups is 1. The van der Waals surface area contributed by atoms with Crippen molar-refractivity contribution in [3.05, 3.63) is 35.4 Å². The summed E-state index contributed by atoms with van der Waals surface area (Å²) in [6.45, 7) is 3.56. The SMILES string of the molecule is CC1CC(NC(=O)C(C)Cc2ccc(C(F)(F)F)cc2)=NO1. The van der Waals surface area contributed by atoms with Gasteiger partial charge in [-0.25, -0.2) is 0 Å². The molecule has 0 aromatic heterocycles. The quantitative estimate of drug-likeness (QED) is 0.932. The van der Waals surface area contributed by atoms with Crippen LogP contribution in [0.4, 0.5) is 13.2 Å². The number of carbonyl (C=O) groups excluding carboxylic acids is 1. The molecule has 1 N–H and O–H groups in total. The van der Waals surface area contributed by atoms with Gasteiger partial charge in [0.1, 0.15) is 6.10 Å². The molecular formula is C15H17F3N2O2. The molecule has 2 rings (SSSR count). The molecule has 2 atom stereocenters. The highest BCUT2D eigenvalue weighted by Gasteiger charge is 2.30. The van der Waals surface area contributed by atoms with E-state index < -0.39 is 11.7 Å². The van der Waals surface area contributed by atoms with Crippen LogP contribution in [0.5, 0.6) is 0 Å². The Morgan fingerprint density at radius 1 is 1.41 bits per heavy atom. The molecule has 1 heterocycles. The Hall–Kier alpha value is -2.05. The van der Waals surface area contributed by atoms with Crippen LogP contribution in [0.15, 0.2) is 29.4 Å². The molecule has 0 radical (unpaired) electrons. The van der Waals surface area contributed by atoms with Crippen molar-refractivity contribution < 1.29 is 22.8 Å². The fourth-order valence-corrected chi connectivity index (χ4v) is 2.12. The molecule has 0 bridgehead atoms. The summed E-state index contributed by atoms with van der Waals surface area (Å²) < 4.78 is 37.4. The number of nitrogens with one attached hydrogen (secondary N) is 1. The molecule has 1 aliphatic rings. The monoisotopic (exact) mass is 314 g/mol. The second-order valence-electron chi connectivity index (χ2n) is 5.45. The molecule has 120 valence electrons. The third kappa shape index (κ3) is 4.22. The number of hydrogen-bond acceptors (Lipinski definition) is 3. The third-order valence-electron chi connectivity index (χ3n) is 3.36. The van der Waals surface area contributed by atoms with Crippen LogP contribution in [0, 0.1) is 5.92 Å². The fourth-order valence-electron chi connectivity index (χ4n) is 2.12. The van der Waals surface area contributed by atoms with Gasteiger partial charge in [0, 0.05) is 12.3 Å². The normalized spacial score (nSPS) is 19.3. The molecule has 2 unspecified atom stereocenters. The second kappa shape index (κ2) is 6.37. The zero-order chi connectivity index (χ0) is 16.3. The van der Waals surface area contributed by atoms with Crippen LogP contribution < -0.4 is 5.32 Å². The predicted molar refractivity (Wildman–Crippen MR) is 75.1 cm³/mol. The van der Waals surface area contributed by atoms with Gasteiger partial charge in [-0.05, 0) is 31.0 Å². The summed E-state index contributed by atoms with van der Waals surface area (Å²) in [5.41, 5.74) is -0.0200. The number of amides is 1. The van der Waals surface area contributed by atoms with Gasteiger partial charge in [0.15, 0.2) is 5.84 Å². The summed E-state index contributed by atoms with van der Waals surface area (Å²) in [6.07, 6.45) is -3.51. The van der Waals surface area contributed by atoms with Crippen molar-refractivity contribution in [2.24, 2.45) is 11.1 Å². The highest BCUT2D eigenvalue weighted by Crippen LogP contribution is 2.29. The van der Waals surface area contributed by atoms with E-state index in [0.717, 1.165) is 12.1 Å². The van der Waals surface area contributed by atoms with E-state index in [1.807, 2.05) is 6.92 Å². The Morgan fingerprint density at radius 3 is 2.55 bits per heavy atom.